The molecule has 0 radical (unpaired) electrons. The fraction of sp³-hybridized carbons (Fsp3) is 0.333. The van der Waals surface area contributed by atoms with E-state index in [1.165, 1.54) is 0 Å². The van der Waals surface area contributed by atoms with Gasteiger partial charge in [-0.2, -0.15) is 0 Å². The fourth-order valence-electron chi connectivity index (χ4n) is 5.40. The zero-order chi connectivity index (χ0) is 27.4. The summed E-state index contributed by atoms with van der Waals surface area (Å²) in [5.74, 6) is 0.0859. The third kappa shape index (κ3) is 6.19. The van der Waals surface area contributed by atoms with E-state index in [4.69, 9.17) is 4.74 Å². The Morgan fingerprint density at radius 3 is 2.41 bits per heavy atom. The first-order valence-corrected chi connectivity index (χ1v) is 13.2. The molecule has 39 heavy (non-hydrogen) atoms. The van der Waals surface area contributed by atoms with E-state index < -0.39 is 18.0 Å². The Labute approximate surface area is 226 Å². The van der Waals surface area contributed by atoms with Gasteiger partial charge in [0.25, 0.3) is 11.8 Å². The molecule has 9 nitrogen and oxygen atoms in total. The summed E-state index contributed by atoms with van der Waals surface area (Å²) in [6.45, 7) is 3.15. The Morgan fingerprint density at radius 1 is 1.00 bits per heavy atom. The number of rotatable bonds is 8. The van der Waals surface area contributed by atoms with Gasteiger partial charge in [0.05, 0.1) is 0 Å². The standard InChI is InChI=1S/C30H32N4O5/c1-19(35)34-15-13-21(14-16-34)26(17-27-29(37)33-30(38)32-27)31-28(36)22-9-11-24(12-10-22)39-18-23-7-4-6-20-5-2-3-8-25(20)23/h2-12,21,26-27H,13-18H2,1H3,(H,31,36)(H2,32,33,37,38). The predicted octanol–water partition coefficient (Wildman–Crippen LogP) is 3.37. The topological polar surface area (TPSA) is 117 Å². The SMILES string of the molecule is CC(=O)N1CCC(C(CC2NC(=O)NC2=O)NC(=O)c2ccc(OCc3cccc4ccccc34)cc2)CC1. The number of likely N-dealkylation sites (tertiary alicyclic amines) is 1. The van der Waals surface area contributed by atoms with Crippen LogP contribution in [-0.2, 0) is 16.2 Å². The van der Waals surface area contributed by atoms with Crippen LogP contribution in [0.4, 0.5) is 4.79 Å². The van der Waals surface area contributed by atoms with Crippen molar-refractivity contribution in [1.82, 2.24) is 20.9 Å². The number of benzene rings is 3. The van der Waals surface area contributed by atoms with Gasteiger partial charge in [-0.3, -0.25) is 19.7 Å². The highest BCUT2D eigenvalue weighted by Gasteiger charge is 2.36. The van der Waals surface area contributed by atoms with E-state index in [0.29, 0.717) is 43.9 Å². The van der Waals surface area contributed by atoms with E-state index in [2.05, 4.69) is 34.1 Å². The van der Waals surface area contributed by atoms with Gasteiger partial charge < -0.3 is 20.3 Å². The van der Waals surface area contributed by atoms with Crippen LogP contribution in [0.25, 0.3) is 10.8 Å². The van der Waals surface area contributed by atoms with Crippen LogP contribution >= 0.6 is 0 Å². The summed E-state index contributed by atoms with van der Waals surface area (Å²) >= 11 is 0. The Balaban J connectivity index is 1.23. The van der Waals surface area contributed by atoms with Crippen LogP contribution in [0.5, 0.6) is 5.75 Å². The first-order valence-electron chi connectivity index (χ1n) is 13.2. The van der Waals surface area contributed by atoms with Crippen molar-refractivity contribution in [2.75, 3.05) is 13.1 Å². The number of carbonyl (C=O) groups is 4. The normalized spacial score (nSPS) is 18.4. The van der Waals surface area contributed by atoms with Gasteiger partial charge in [0.1, 0.15) is 18.4 Å². The van der Waals surface area contributed by atoms with Crippen LogP contribution in [-0.4, -0.2) is 53.8 Å². The van der Waals surface area contributed by atoms with E-state index >= 15 is 0 Å². The molecule has 0 aliphatic carbocycles. The minimum Gasteiger partial charge on any atom is -0.489 e. The number of ether oxygens (including phenoxy) is 1. The van der Waals surface area contributed by atoms with Crippen LogP contribution in [0.15, 0.2) is 66.7 Å². The van der Waals surface area contributed by atoms with Crippen LogP contribution < -0.4 is 20.7 Å². The molecule has 2 saturated heterocycles. The number of piperidine rings is 1. The second kappa shape index (κ2) is 11.6. The van der Waals surface area contributed by atoms with Crippen molar-refractivity contribution >= 4 is 34.5 Å². The lowest BCUT2D eigenvalue weighted by atomic mass is 9.85. The van der Waals surface area contributed by atoms with Crippen molar-refractivity contribution in [1.29, 1.82) is 0 Å². The summed E-state index contributed by atoms with van der Waals surface area (Å²) in [4.78, 5) is 50.6. The van der Waals surface area contributed by atoms with E-state index in [-0.39, 0.29) is 30.2 Å². The summed E-state index contributed by atoms with van der Waals surface area (Å²) in [5, 5.41) is 10.3. The van der Waals surface area contributed by atoms with Gasteiger partial charge in [-0.05, 0) is 65.8 Å². The molecule has 3 aromatic carbocycles. The van der Waals surface area contributed by atoms with Crippen LogP contribution in [0.3, 0.4) is 0 Å². The van der Waals surface area contributed by atoms with Crippen molar-refractivity contribution in [2.24, 2.45) is 5.92 Å². The molecule has 0 spiro atoms. The molecule has 5 rings (SSSR count). The van der Waals surface area contributed by atoms with E-state index in [1.807, 2.05) is 24.3 Å². The van der Waals surface area contributed by atoms with Gasteiger partial charge >= 0.3 is 6.03 Å². The van der Waals surface area contributed by atoms with Crippen LogP contribution in [0, 0.1) is 5.92 Å². The molecule has 5 amide bonds. The summed E-state index contributed by atoms with van der Waals surface area (Å²) in [6, 6.07) is 19.7. The first-order chi connectivity index (χ1) is 18.9. The summed E-state index contributed by atoms with van der Waals surface area (Å²) in [5.41, 5.74) is 1.55. The molecule has 2 heterocycles. The quantitative estimate of drug-likeness (QED) is 0.388. The minimum atomic E-state index is -0.710. The zero-order valence-electron chi connectivity index (χ0n) is 21.8. The highest BCUT2D eigenvalue weighted by Crippen LogP contribution is 2.25. The van der Waals surface area contributed by atoms with Crippen molar-refractivity contribution in [3.05, 3.63) is 77.9 Å². The molecule has 9 heteroatoms. The number of carbonyl (C=O) groups excluding carboxylic acids is 4. The van der Waals surface area contributed by atoms with Gasteiger partial charge in [-0.1, -0.05) is 42.5 Å². The van der Waals surface area contributed by atoms with Crippen molar-refractivity contribution < 1.29 is 23.9 Å². The van der Waals surface area contributed by atoms with Crippen LogP contribution in [0.1, 0.15) is 42.1 Å². The molecule has 2 aliphatic rings. The number of nitrogens with one attached hydrogen (secondary N) is 3. The third-order valence-electron chi connectivity index (χ3n) is 7.61. The molecule has 202 valence electrons. The largest absolute Gasteiger partial charge is 0.489 e. The molecular formula is C30H32N4O5. The van der Waals surface area contributed by atoms with Gasteiger partial charge in [0.2, 0.25) is 5.91 Å². The van der Waals surface area contributed by atoms with Crippen molar-refractivity contribution in [3.63, 3.8) is 0 Å². The molecule has 2 aliphatic heterocycles. The second-order valence-corrected chi connectivity index (χ2v) is 10.1. The smallest absolute Gasteiger partial charge is 0.322 e. The van der Waals surface area contributed by atoms with Gasteiger partial charge in [-0.25, -0.2) is 4.79 Å². The van der Waals surface area contributed by atoms with E-state index in [0.717, 1.165) is 16.3 Å². The molecule has 0 aromatic heterocycles. The molecule has 2 unspecified atom stereocenters. The second-order valence-electron chi connectivity index (χ2n) is 10.1. The van der Waals surface area contributed by atoms with Gasteiger partial charge in [0.15, 0.2) is 0 Å². The lowest BCUT2D eigenvalue weighted by Crippen LogP contribution is -2.49. The molecule has 0 bridgehead atoms. The van der Waals surface area contributed by atoms with Gasteiger partial charge in [0, 0.05) is 31.6 Å². The molecule has 2 fully saturated rings. The highest BCUT2D eigenvalue weighted by atomic mass is 16.5. The Kier molecular flexibility index (Phi) is 7.76. The summed E-state index contributed by atoms with van der Waals surface area (Å²) < 4.78 is 6.00. The highest BCUT2D eigenvalue weighted by molar-refractivity contribution is 6.04. The average Bonchev–Trinajstić information content (AvgIpc) is 3.27. The van der Waals surface area contributed by atoms with Crippen molar-refractivity contribution in [3.8, 4) is 5.75 Å². The molecule has 3 N–H and O–H groups in total. The zero-order valence-corrected chi connectivity index (χ0v) is 21.8. The number of fused-ring (bicyclic) bond motifs is 1. The predicted molar refractivity (Wildman–Crippen MR) is 146 cm³/mol. The first kappa shape index (κ1) is 26.2. The third-order valence-corrected chi connectivity index (χ3v) is 7.61. The maximum absolute atomic E-state index is 13.2. The summed E-state index contributed by atoms with van der Waals surface area (Å²) in [7, 11) is 0. The fourth-order valence-corrected chi connectivity index (χ4v) is 5.40. The van der Waals surface area contributed by atoms with Gasteiger partial charge in [-0.15, -0.1) is 0 Å². The van der Waals surface area contributed by atoms with Crippen molar-refractivity contribution in [2.45, 2.75) is 44.9 Å². The Bertz CT molecular complexity index is 1380. The van der Waals surface area contributed by atoms with E-state index in [9.17, 15) is 19.2 Å². The number of hydrogen-bond donors (Lipinski definition) is 3. The number of hydrogen-bond acceptors (Lipinski definition) is 5. The Hall–Kier alpha value is -4.40. The Morgan fingerprint density at radius 2 is 1.72 bits per heavy atom. The average molecular weight is 529 g/mol. The number of urea groups is 1. The lowest BCUT2D eigenvalue weighted by Gasteiger charge is -2.36. The monoisotopic (exact) mass is 528 g/mol. The molecule has 2 atom stereocenters. The maximum Gasteiger partial charge on any atom is 0.322 e. The number of nitrogens with zero attached hydrogens (tertiary/aromatic N) is 1. The summed E-state index contributed by atoms with van der Waals surface area (Å²) in [6.07, 6.45) is 1.68. The number of imide groups is 1. The van der Waals surface area contributed by atoms with E-state index in [1.54, 1.807) is 36.1 Å². The minimum absolute atomic E-state index is 0.0271. The number of amides is 5. The van der Waals surface area contributed by atoms with Crippen LogP contribution in [0.2, 0.25) is 0 Å². The molecular weight excluding hydrogens is 496 g/mol. The lowest BCUT2D eigenvalue weighted by molar-refractivity contribution is -0.130. The molecule has 0 saturated carbocycles. The molecule has 3 aromatic rings. The maximum atomic E-state index is 13.2.